The van der Waals surface area contributed by atoms with Crippen LogP contribution in [0.1, 0.15) is 56.2 Å². The molecule has 3 aromatic carbocycles. The average Bonchev–Trinajstić information content (AvgIpc) is 3.52. The molecule has 7 rings (SSSR count). The van der Waals surface area contributed by atoms with Crippen LogP contribution in [0.3, 0.4) is 0 Å². The van der Waals surface area contributed by atoms with Crippen LogP contribution in [0.5, 0.6) is 0 Å². The Morgan fingerprint density at radius 3 is 2.47 bits per heavy atom. The van der Waals surface area contributed by atoms with Gasteiger partial charge in [0.05, 0.1) is 17.6 Å². The quantitative estimate of drug-likeness (QED) is 0.223. The van der Waals surface area contributed by atoms with Gasteiger partial charge in [0.2, 0.25) is 5.91 Å². The number of nitrogens with one attached hydrogen (secondary N) is 1. The van der Waals surface area contributed by atoms with E-state index in [9.17, 15) is 9.59 Å². The van der Waals surface area contributed by atoms with E-state index in [2.05, 4.69) is 34.3 Å². The lowest BCUT2D eigenvalue weighted by molar-refractivity contribution is -0.118. The van der Waals surface area contributed by atoms with Crippen molar-refractivity contribution in [1.29, 1.82) is 0 Å². The number of hydrogen-bond acceptors (Lipinski definition) is 7. The topological polar surface area (TPSA) is 128 Å². The number of rotatable bonds is 6. The Balaban J connectivity index is 1.20. The fraction of sp³-hybridized carbons (Fsp3) is 0.143. The van der Waals surface area contributed by atoms with Crippen LogP contribution < -0.4 is 11.1 Å². The van der Waals surface area contributed by atoms with Crippen molar-refractivity contribution in [2.24, 2.45) is 10.7 Å². The first-order valence-corrected chi connectivity index (χ1v) is 15.3. The molecule has 45 heavy (non-hydrogen) atoms. The molecule has 1 aliphatic rings. The van der Waals surface area contributed by atoms with Crippen LogP contribution in [0.4, 0.5) is 5.69 Å². The van der Waals surface area contributed by atoms with E-state index in [1.54, 1.807) is 17.4 Å². The van der Waals surface area contributed by atoms with Crippen molar-refractivity contribution < 1.29 is 9.59 Å². The lowest BCUT2D eigenvalue weighted by atomic mass is 9.97. The Kier molecular flexibility index (Phi) is 7.06. The van der Waals surface area contributed by atoms with E-state index in [0.717, 1.165) is 55.3 Å². The minimum absolute atomic E-state index is 0.0277. The second-order valence-electron chi connectivity index (χ2n) is 11.1. The van der Waals surface area contributed by atoms with Gasteiger partial charge in [0.15, 0.2) is 5.82 Å². The molecule has 0 bridgehead atoms. The van der Waals surface area contributed by atoms with E-state index in [1.807, 2.05) is 90.4 Å². The molecule has 0 fully saturated rings. The number of aromatic nitrogens is 4. The zero-order valence-corrected chi connectivity index (χ0v) is 25.7. The lowest BCUT2D eigenvalue weighted by Crippen LogP contribution is -2.17. The van der Waals surface area contributed by atoms with Gasteiger partial charge in [-0.15, -0.1) is 21.5 Å². The maximum absolute atomic E-state index is 13.0. The molecule has 4 heterocycles. The molecule has 10 heteroatoms. The van der Waals surface area contributed by atoms with E-state index in [-0.39, 0.29) is 12.3 Å². The minimum atomic E-state index is -0.560. The first kappa shape index (κ1) is 28.3. The minimum Gasteiger partial charge on any atom is -0.370 e. The van der Waals surface area contributed by atoms with Crippen molar-refractivity contribution in [1.82, 2.24) is 19.7 Å². The van der Waals surface area contributed by atoms with Crippen LogP contribution in [0.2, 0.25) is 0 Å². The summed E-state index contributed by atoms with van der Waals surface area (Å²) >= 11 is 1.66. The summed E-state index contributed by atoms with van der Waals surface area (Å²) in [5, 5.41) is 13.7. The summed E-state index contributed by atoms with van der Waals surface area (Å²) in [5.74, 6) is 0.621. The number of fused-ring (bicyclic) bond motifs is 4. The highest BCUT2D eigenvalue weighted by Crippen LogP contribution is 2.39. The zero-order chi connectivity index (χ0) is 31.2. The summed E-state index contributed by atoms with van der Waals surface area (Å²) in [4.78, 5) is 35.9. The fourth-order valence-corrected chi connectivity index (χ4v) is 6.91. The molecule has 3 N–H and O–H groups in total. The smallest absolute Gasteiger partial charge is 0.274 e. The SMILES string of the molecule is Cc1sc2c(c1C)C(c1ccc(-c3cccc(NC(=O)c4ccc5ccccc5n4)c3)cc1)=N[C@@H](CC(N)=O)c1nnc(C)n1-2. The predicted molar refractivity (Wildman–Crippen MR) is 177 cm³/mol. The summed E-state index contributed by atoms with van der Waals surface area (Å²) in [6, 6.07) is 26.7. The van der Waals surface area contributed by atoms with E-state index in [4.69, 9.17) is 10.7 Å². The van der Waals surface area contributed by atoms with Crippen LogP contribution in [0, 0.1) is 20.8 Å². The molecule has 2 amide bonds. The molecule has 6 aromatic rings. The third kappa shape index (κ3) is 5.19. The van der Waals surface area contributed by atoms with E-state index >= 15 is 0 Å². The lowest BCUT2D eigenvalue weighted by Gasteiger charge is -2.12. The number of pyridine rings is 1. The van der Waals surface area contributed by atoms with Gasteiger partial charge < -0.3 is 11.1 Å². The molecule has 0 saturated heterocycles. The Hall–Kier alpha value is -5.48. The molecule has 0 aliphatic carbocycles. The highest BCUT2D eigenvalue weighted by molar-refractivity contribution is 7.15. The summed E-state index contributed by atoms with van der Waals surface area (Å²) in [7, 11) is 0. The predicted octanol–water partition coefficient (Wildman–Crippen LogP) is 6.49. The highest BCUT2D eigenvalue weighted by Gasteiger charge is 2.32. The number of anilines is 1. The van der Waals surface area contributed by atoms with Gasteiger partial charge in [-0.25, -0.2) is 4.98 Å². The maximum atomic E-state index is 13.0. The largest absolute Gasteiger partial charge is 0.370 e. The van der Waals surface area contributed by atoms with Crippen molar-refractivity contribution in [2.75, 3.05) is 5.32 Å². The summed E-state index contributed by atoms with van der Waals surface area (Å²) in [6.07, 6.45) is 0.0277. The van der Waals surface area contributed by atoms with E-state index in [0.29, 0.717) is 17.2 Å². The van der Waals surface area contributed by atoms with Gasteiger partial charge in [-0.05, 0) is 61.7 Å². The van der Waals surface area contributed by atoms with Crippen molar-refractivity contribution in [3.8, 4) is 16.1 Å². The number of para-hydroxylation sites is 1. The van der Waals surface area contributed by atoms with Crippen molar-refractivity contribution in [3.05, 3.63) is 124 Å². The monoisotopic (exact) mass is 611 g/mol. The van der Waals surface area contributed by atoms with E-state index < -0.39 is 11.9 Å². The standard InChI is InChI=1S/C35H29N7O2S/c1-19-20(2)45-35-31(19)32(39-29(18-30(36)43)33-41-40-21(3)42(33)35)24-13-11-22(12-14-24)25-8-6-9-26(17-25)37-34(44)28-16-15-23-7-4-5-10-27(23)38-28/h4-17,29H,18H2,1-3H3,(H2,36,43)(H,37,44)/t29-/m0/s1. The molecule has 9 nitrogen and oxygen atoms in total. The molecule has 0 radical (unpaired) electrons. The second-order valence-corrected chi connectivity index (χ2v) is 12.3. The normalized spacial score (nSPS) is 13.9. The number of primary amides is 1. The fourth-order valence-electron chi connectivity index (χ4n) is 5.70. The van der Waals surface area contributed by atoms with Gasteiger partial charge in [0.25, 0.3) is 5.91 Å². The number of nitrogens with zero attached hydrogens (tertiary/aromatic N) is 5. The molecule has 1 aliphatic heterocycles. The Labute approximate surface area is 263 Å². The number of benzene rings is 3. The van der Waals surface area contributed by atoms with Crippen molar-refractivity contribution in [2.45, 2.75) is 33.2 Å². The van der Waals surface area contributed by atoms with E-state index in [1.165, 1.54) is 4.88 Å². The molecule has 0 spiro atoms. The molecular weight excluding hydrogens is 582 g/mol. The number of aryl methyl sites for hydroxylation is 2. The zero-order valence-electron chi connectivity index (χ0n) is 24.9. The van der Waals surface area contributed by atoms with Crippen LogP contribution >= 0.6 is 11.3 Å². The number of amides is 2. The summed E-state index contributed by atoms with van der Waals surface area (Å²) in [6.45, 7) is 6.09. The molecule has 3 aromatic heterocycles. The van der Waals surface area contributed by atoms with Gasteiger partial charge in [0, 0.05) is 27.1 Å². The number of thiophene rings is 1. The maximum Gasteiger partial charge on any atom is 0.274 e. The molecule has 1 atom stereocenters. The number of carbonyl (C=O) groups is 2. The van der Waals surface area contributed by atoms with Crippen molar-refractivity contribution in [3.63, 3.8) is 0 Å². The van der Waals surface area contributed by atoms with Crippen molar-refractivity contribution >= 4 is 45.5 Å². The highest BCUT2D eigenvalue weighted by atomic mass is 32.1. The third-order valence-corrected chi connectivity index (χ3v) is 9.27. The summed E-state index contributed by atoms with van der Waals surface area (Å²) < 4.78 is 2.01. The number of nitrogens with two attached hydrogens (primary N) is 1. The number of aliphatic imine (C=N–C) groups is 1. The molecular formula is C35H29N7O2S. The van der Waals surface area contributed by atoms with Crippen LogP contribution in [0.25, 0.3) is 27.0 Å². The van der Waals surface area contributed by atoms with Gasteiger partial charge in [-0.2, -0.15) is 0 Å². The Morgan fingerprint density at radius 1 is 0.889 bits per heavy atom. The summed E-state index contributed by atoms with van der Waals surface area (Å²) in [5.41, 5.74) is 13.2. The van der Waals surface area contributed by atoms with Gasteiger partial charge in [-0.1, -0.05) is 60.7 Å². The third-order valence-electron chi connectivity index (χ3n) is 8.08. The van der Waals surface area contributed by atoms with Gasteiger partial charge in [-0.3, -0.25) is 19.1 Å². The van der Waals surface area contributed by atoms with Crippen LogP contribution in [-0.4, -0.2) is 37.3 Å². The first-order chi connectivity index (χ1) is 21.8. The Bertz CT molecular complexity index is 2160. The number of hydrogen-bond donors (Lipinski definition) is 2. The van der Waals surface area contributed by atoms with Gasteiger partial charge in [0.1, 0.15) is 22.6 Å². The number of carbonyl (C=O) groups excluding carboxylic acids is 2. The molecule has 0 unspecified atom stereocenters. The second kappa shape index (κ2) is 11.2. The molecule has 222 valence electrons. The average molecular weight is 612 g/mol. The Morgan fingerprint density at radius 2 is 1.67 bits per heavy atom. The molecule has 0 saturated carbocycles. The van der Waals surface area contributed by atoms with Crippen LogP contribution in [-0.2, 0) is 4.79 Å². The van der Waals surface area contributed by atoms with Crippen LogP contribution in [0.15, 0.2) is 89.9 Å². The van der Waals surface area contributed by atoms with Gasteiger partial charge >= 0.3 is 0 Å². The first-order valence-electron chi connectivity index (χ1n) is 14.5.